The van der Waals surface area contributed by atoms with E-state index in [0.29, 0.717) is 11.3 Å². The first-order valence-electron chi connectivity index (χ1n) is 7.84. The van der Waals surface area contributed by atoms with Crippen molar-refractivity contribution < 1.29 is 15.1 Å². The molecule has 3 rings (SSSR count). The second kappa shape index (κ2) is 6.51. The molecule has 0 unspecified atom stereocenters. The van der Waals surface area contributed by atoms with E-state index in [2.05, 4.69) is 0 Å². The number of hydrogen-bond donors (Lipinski definition) is 3. The monoisotopic (exact) mass is 329 g/mol. The maximum absolute atomic E-state index is 12.0. The summed E-state index contributed by atoms with van der Waals surface area (Å²) < 4.78 is 5.74. The van der Waals surface area contributed by atoms with Crippen molar-refractivity contribution in [3.8, 4) is 0 Å². The number of benzene rings is 2. The van der Waals surface area contributed by atoms with E-state index in [1.54, 1.807) is 31.2 Å². The van der Waals surface area contributed by atoms with Gasteiger partial charge in [0.15, 0.2) is 5.79 Å². The normalized spacial score (nSPS) is 30.5. The van der Waals surface area contributed by atoms with Gasteiger partial charge in [0.25, 0.3) is 0 Å². The molecule has 2 aromatic rings. The molecule has 1 fully saturated rings. The van der Waals surface area contributed by atoms with E-state index in [4.69, 9.17) is 10.5 Å². The number of nitrogens with two attached hydrogens (primary N) is 1. The van der Waals surface area contributed by atoms with Gasteiger partial charge in [0.2, 0.25) is 0 Å². The molecule has 6 heteroatoms. The molecule has 4 N–H and O–H groups in total. The van der Waals surface area contributed by atoms with Crippen LogP contribution in [0.3, 0.4) is 0 Å². The van der Waals surface area contributed by atoms with Gasteiger partial charge in [0.1, 0.15) is 6.10 Å². The van der Waals surface area contributed by atoms with E-state index >= 15 is 0 Å². The molecule has 1 aliphatic heterocycles. The summed E-state index contributed by atoms with van der Waals surface area (Å²) in [6.07, 6.45) is -0.674. The standard InChI is InChI=1S/C18H21N2O4/c1-18(21)11-14(12-7-3-2-4-8-12)16(20(22)23)17(24-18)13-9-5-6-10-15(13)19/h2-10,14,16-17,21-22H,11,19H2,1H3/q-1/t14-,16-,17+,18-/m0/s1. The van der Waals surface area contributed by atoms with Gasteiger partial charge in [-0.3, -0.25) is 5.23 Å². The van der Waals surface area contributed by atoms with Crippen molar-refractivity contribution in [2.45, 2.75) is 37.2 Å². The number of ether oxygens (including phenoxy) is 1. The Balaban J connectivity index is 2.08. The van der Waals surface area contributed by atoms with Crippen LogP contribution >= 0.6 is 0 Å². The fourth-order valence-corrected chi connectivity index (χ4v) is 3.43. The van der Waals surface area contributed by atoms with E-state index in [1.807, 2.05) is 30.3 Å². The van der Waals surface area contributed by atoms with Gasteiger partial charge in [-0.1, -0.05) is 48.5 Å². The van der Waals surface area contributed by atoms with Crippen molar-refractivity contribution >= 4 is 5.69 Å². The highest BCUT2D eigenvalue weighted by molar-refractivity contribution is 5.49. The van der Waals surface area contributed by atoms with Crippen LogP contribution in [0, 0.1) is 5.21 Å². The largest absolute Gasteiger partial charge is 0.762 e. The van der Waals surface area contributed by atoms with Crippen molar-refractivity contribution in [2.24, 2.45) is 0 Å². The van der Waals surface area contributed by atoms with Crippen LogP contribution in [0.25, 0.3) is 0 Å². The topological polar surface area (TPSA) is 102 Å². The number of anilines is 1. The average Bonchev–Trinajstić information content (AvgIpc) is 2.54. The highest BCUT2D eigenvalue weighted by atomic mass is 16.8. The summed E-state index contributed by atoms with van der Waals surface area (Å²) in [5.41, 5.74) is 7.88. The van der Waals surface area contributed by atoms with E-state index < -0.39 is 23.9 Å². The molecule has 0 radical (unpaired) electrons. The third kappa shape index (κ3) is 3.28. The molecule has 128 valence electrons. The summed E-state index contributed by atoms with van der Waals surface area (Å²) >= 11 is 0. The second-order valence-electron chi connectivity index (χ2n) is 6.36. The molecule has 1 aliphatic rings. The average molecular weight is 329 g/mol. The maximum atomic E-state index is 12.0. The molecular weight excluding hydrogens is 308 g/mol. The van der Waals surface area contributed by atoms with Gasteiger partial charge in [-0.2, -0.15) is 0 Å². The van der Waals surface area contributed by atoms with Crippen LogP contribution in [0.4, 0.5) is 5.69 Å². The highest BCUT2D eigenvalue weighted by Crippen LogP contribution is 2.46. The van der Waals surface area contributed by atoms with Crippen molar-refractivity contribution in [1.82, 2.24) is 5.23 Å². The van der Waals surface area contributed by atoms with Gasteiger partial charge < -0.3 is 26.0 Å². The summed E-state index contributed by atoms with van der Waals surface area (Å²) in [6, 6.07) is 15.4. The Kier molecular flexibility index (Phi) is 4.58. The summed E-state index contributed by atoms with van der Waals surface area (Å²) in [5, 5.41) is 32.2. The number of hydrogen-bond acceptors (Lipinski definition) is 6. The molecule has 0 spiro atoms. The van der Waals surface area contributed by atoms with Gasteiger partial charge in [-0.05, 0) is 18.6 Å². The van der Waals surface area contributed by atoms with Crippen molar-refractivity contribution in [1.29, 1.82) is 0 Å². The van der Waals surface area contributed by atoms with Crippen LogP contribution in [0.1, 0.15) is 36.5 Å². The number of aliphatic hydroxyl groups is 1. The Morgan fingerprint density at radius 3 is 2.42 bits per heavy atom. The van der Waals surface area contributed by atoms with Gasteiger partial charge in [-0.25, -0.2) is 0 Å². The lowest BCUT2D eigenvalue weighted by atomic mass is 9.79. The van der Waals surface area contributed by atoms with E-state index in [-0.39, 0.29) is 11.6 Å². The Morgan fingerprint density at radius 2 is 1.79 bits per heavy atom. The van der Waals surface area contributed by atoms with E-state index in [0.717, 1.165) is 5.56 Å². The highest BCUT2D eigenvalue weighted by Gasteiger charge is 2.46. The predicted molar refractivity (Wildman–Crippen MR) is 89.9 cm³/mol. The Morgan fingerprint density at radius 1 is 1.17 bits per heavy atom. The first-order valence-corrected chi connectivity index (χ1v) is 7.84. The SMILES string of the molecule is C[C@@]1(O)C[C@@H](c2ccccc2)[C@H](N([O-])O)[C@@H](c2ccccc2N)O1. The molecule has 6 nitrogen and oxygen atoms in total. The molecule has 0 aliphatic carbocycles. The Hall–Kier alpha value is -1.96. The molecule has 0 amide bonds. The van der Waals surface area contributed by atoms with Crippen LogP contribution in [0.2, 0.25) is 0 Å². The maximum Gasteiger partial charge on any atom is 0.164 e. The Bertz CT molecular complexity index is 690. The molecule has 0 aromatic heterocycles. The smallest absolute Gasteiger partial charge is 0.164 e. The van der Waals surface area contributed by atoms with Crippen molar-refractivity contribution in [3.63, 3.8) is 0 Å². The minimum atomic E-state index is -1.44. The lowest BCUT2D eigenvalue weighted by Gasteiger charge is -2.49. The molecule has 1 heterocycles. The zero-order valence-corrected chi connectivity index (χ0v) is 13.4. The number of nitrogens with zero attached hydrogens (tertiary/aromatic N) is 1. The van der Waals surface area contributed by atoms with Gasteiger partial charge in [0.05, 0.1) is 6.04 Å². The number of rotatable bonds is 3. The summed E-state index contributed by atoms with van der Waals surface area (Å²) in [5.74, 6) is -1.86. The van der Waals surface area contributed by atoms with Crippen molar-refractivity contribution in [3.05, 3.63) is 70.9 Å². The molecule has 0 bridgehead atoms. The van der Waals surface area contributed by atoms with Crippen molar-refractivity contribution in [2.75, 3.05) is 5.73 Å². The first-order chi connectivity index (χ1) is 11.4. The number of hydroxylamine groups is 2. The molecule has 4 atom stereocenters. The van der Waals surface area contributed by atoms with Gasteiger partial charge in [-0.15, -0.1) is 0 Å². The summed E-state index contributed by atoms with van der Waals surface area (Å²) in [4.78, 5) is 0. The zero-order chi connectivity index (χ0) is 17.3. The molecule has 24 heavy (non-hydrogen) atoms. The van der Waals surface area contributed by atoms with Crippen LogP contribution in [-0.2, 0) is 4.74 Å². The lowest BCUT2D eigenvalue weighted by Crippen LogP contribution is -2.50. The zero-order valence-electron chi connectivity index (χ0n) is 13.4. The third-order valence-electron chi connectivity index (χ3n) is 4.49. The molecule has 0 saturated carbocycles. The summed E-state index contributed by atoms with van der Waals surface area (Å²) in [7, 11) is 0. The quantitative estimate of drug-likeness (QED) is 0.591. The van der Waals surface area contributed by atoms with Crippen LogP contribution in [-0.4, -0.2) is 27.4 Å². The number of para-hydroxylation sites is 1. The van der Waals surface area contributed by atoms with Gasteiger partial charge >= 0.3 is 0 Å². The van der Waals surface area contributed by atoms with Crippen LogP contribution < -0.4 is 5.73 Å². The van der Waals surface area contributed by atoms with E-state index in [1.165, 1.54) is 0 Å². The Labute approximate surface area is 140 Å². The number of nitrogen functional groups attached to an aromatic ring is 1. The predicted octanol–water partition coefficient (Wildman–Crippen LogP) is 2.78. The molecular formula is C18H21N2O4-. The van der Waals surface area contributed by atoms with Gasteiger partial charge in [0, 0.05) is 23.6 Å². The summed E-state index contributed by atoms with van der Waals surface area (Å²) in [6.45, 7) is 1.55. The molecule has 1 saturated heterocycles. The first kappa shape index (κ1) is 16.9. The van der Waals surface area contributed by atoms with E-state index in [9.17, 15) is 15.5 Å². The molecule has 2 aromatic carbocycles. The minimum absolute atomic E-state index is 0.0794. The third-order valence-corrected chi connectivity index (χ3v) is 4.49. The fourth-order valence-electron chi connectivity index (χ4n) is 3.43. The fraction of sp³-hybridized carbons (Fsp3) is 0.333. The second-order valence-corrected chi connectivity index (χ2v) is 6.36. The lowest BCUT2D eigenvalue weighted by molar-refractivity contribution is -0.284. The van der Waals surface area contributed by atoms with Crippen LogP contribution in [0.5, 0.6) is 0 Å². The minimum Gasteiger partial charge on any atom is -0.762 e. The van der Waals surface area contributed by atoms with Crippen LogP contribution in [0.15, 0.2) is 54.6 Å².